The van der Waals surface area contributed by atoms with Crippen LogP contribution in [0, 0.1) is 0 Å². The minimum absolute atomic E-state index is 0.645. The molecule has 5 N–H and O–H groups in total. The molecule has 0 aliphatic carbocycles. The molecule has 0 spiro atoms. The normalized spacial score (nSPS) is 22.3. The van der Waals surface area contributed by atoms with Crippen molar-refractivity contribution in [1.29, 1.82) is 0 Å². The predicted molar refractivity (Wildman–Crippen MR) is 38.3 cm³/mol. The molecule has 0 bridgehead atoms. The summed E-state index contributed by atoms with van der Waals surface area (Å²) in [6, 6.07) is 0. The van der Waals surface area contributed by atoms with Gasteiger partial charge >= 0.3 is 0 Å². The Morgan fingerprint density at radius 3 is 1.73 bits per heavy atom. The molecular formula is C5H12AlO5. The van der Waals surface area contributed by atoms with Crippen LogP contribution in [0.25, 0.3) is 0 Å². The first-order valence-electron chi connectivity index (χ1n) is 3.17. The molecule has 0 aromatic rings. The van der Waals surface area contributed by atoms with Crippen LogP contribution in [-0.4, -0.2) is 71.7 Å². The van der Waals surface area contributed by atoms with Gasteiger partial charge in [0.25, 0.3) is 0 Å². The summed E-state index contributed by atoms with van der Waals surface area (Å²) in [5, 5.41) is 43.7. The summed E-state index contributed by atoms with van der Waals surface area (Å²) in [5.41, 5.74) is 0. The lowest BCUT2D eigenvalue weighted by Gasteiger charge is -2.23. The Morgan fingerprint density at radius 2 is 1.45 bits per heavy atom. The molecule has 0 aromatic heterocycles. The van der Waals surface area contributed by atoms with Crippen LogP contribution in [0.15, 0.2) is 0 Å². The third-order valence-electron chi connectivity index (χ3n) is 1.33. The molecule has 4 atom stereocenters. The van der Waals surface area contributed by atoms with Gasteiger partial charge in [-0.1, -0.05) is 0 Å². The van der Waals surface area contributed by atoms with Crippen molar-refractivity contribution >= 4 is 16.3 Å². The van der Waals surface area contributed by atoms with Crippen LogP contribution in [0.4, 0.5) is 0 Å². The predicted octanol–water partition coefficient (Wildman–Crippen LogP) is -3.72. The molecular weight excluding hydrogens is 167 g/mol. The number of hydrogen-bond acceptors (Lipinski definition) is 5. The largest absolute Gasteiger partial charge is 0.407 e. The van der Waals surface area contributed by atoms with Gasteiger partial charge in [-0.25, -0.2) is 0 Å². The minimum atomic E-state index is -1.51. The molecule has 0 unspecified atom stereocenters. The molecule has 0 heterocycles. The second kappa shape index (κ2) is 5.06. The molecule has 0 saturated carbocycles. The second-order valence-electron chi connectivity index (χ2n) is 2.30. The summed E-state index contributed by atoms with van der Waals surface area (Å²) in [7, 11) is 0. The maximum atomic E-state index is 8.94. The van der Waals surface area contributed by atoms with Gasteiger partial charge in [-0.3, -0.25) is 0 Å². The first-order chi connectivity index (χ1) is 5.00. The van der Waals surface area contributed by atoms with E-state index in [9.17, 15) is 0 Å². The maximum absolute atomic E-state index is 8.94. The van der Waals surface area contributed by atoms with Gasteiger partial charge in [0.2, 0.25) is 16.3 Å². The van der Waals surface area contributed by atoms with Crippen molar-refractivity contribution < 1.29 is 25.5 Å². The lowest BCUT2D eigenvalue weighted by molar-refractivity contribution is -0.0982. The van der Waals surface area contributed by atoms with Crippen LogP contribution in [0.5, 0.6) is 0 Å². The van der Waals surface area contributed by atoms with Gasteiger partial charge in [-0.15, -0.1) is 0 Å². The maximum Gasteiger partial charge on any atom is 0.226 e. The Hall–Kier alpha value is 0.332. The average Bonchev–Trinajstić information content (AvgIpc) is 2.00. The van der Waals surface area contributed by atoms with E-state index in [4.69, 9.17) is 25.5 Å². The van der Waals surface area contributed by atoms with Crippen LogP contribution in [-0.2, 0) is 0 Å². The molecule has 5 nitrogen and oxygen atoms in total. The van der Waals surface area contributed by atoms with E-state index in [1.807, 2.05) is 0 Å². The van der Waals surface area contributed by atoms with Crippen molar-refractivity contribution in [2.24, 2.45) is 0 Å². The Kier molecular flexibility index (Phi) is 5.22. The van der Waals surface area contributed by atoms with Gasteiger partial charge in [0.15, 0.2) is 0 Å². The molecule has 6 heteroatoms. The molecule has 0 amide bonds. The number of aliphatic hydroxyl groups is 5. The molecule has 0 aliphatic rings. The third kappa shape index (κ3) is 3.49. The van der Waals surface area contributed by atoms with Crippen molar-refractivity contribution in [2.45, 2.75) is 23.3 Å². The average molecular weight is 179 g/mol. The van der Waals surface area contributed by atoms with Crippen LogP contribution >= 0.6 is 0 Å². The van der Waals surface area contributed by atoms with E-state index in [1.165, 1.54) is 0 Å². The summed E-state index contributed by atoms with van der Waals surface area (Å²) in [6.07, 6.45) is -4.34. The number of rotatable bonds is 4. The lowest BCUT2D eigenvalue weighted by Crippen LogP contribution is -2.45. The summed E-state index contributed by atoms with van der Waals surface area (Å²) < 4.78 is 0. The summed E-state index contributed by atoms with van der Waals surface area (Å²) in [5.74, 6) is 0. The zero-order chi connectivity index (χ0) is 9.02. The first kappa shape index (κ1) is 11.3. The third-order valence-corrected chi connectivity index (χ3v) is 1.81. The van der Waals surface area contributed by atoms with Crippen LogP contribution < -0.4 is 0 Å². The molecule has 65 valence electrons. The SMILES string of the molecule is OC[C@@H](O)[C@@H](O)[C@H](O)[C@@H](O)[AlH]. The Morgan fingerprint density at radius 1 is 1.00 bits per heavy atom. The van der Waals surface area contributed by atoms with Gasteiger partial charge in [-0.05, 0) is 0 Å². The van der Waals surface area contributed by atoms with Gasteiger partial charge < -0.3 is 25.5 Å². The van der Waals surface area contributed by atoms with E-state index in [0.717, 1.165) is 16.3 Å². The summed E-state index contributed by atoms with van der Waals surface area (Å²) >= 11 is 1.08. The monoisotopic (exact) mass is 179 g/mol. The zero-order valence-electron chi connectivity index (χ0n) is 5.96. The molecule has 0 aromatic carbocycles. The van der Waals surface area contributed by atoms with Gasteiger partial charge in [0, 0.05) is 4.97 Å². The van der Waals surface area contributed by atoms with E-state index >= 15 is 0 Å². The van der Waals surface area contributed by atoms with Gasteiger partial charge in [0.1, 0.15) is 12.2 Å². The fourth-order valence-corrected chi connectivity index (χ4v) is 0.842. The Bertz CT molecular complexity index is 109. The highest BCUT2D eigenvalue weighted by Crippen LogP contribution is 2.01. The van der Waals surface area contributed by atoms with E-state index < -0.39 is 29.9 Å². The van der Waals surface area contributed by atoms with Gasteiger partial charge in [0.05, 0.1) is 12.7 Å². The Labute approximate surface area is 72.3 Å². The highest BCUT2D eigenvalue weighted by Gasteiger charge is 2.26. The quantitative estimate of drug-likeness (QED) is 0.286. The molecule has 0 rings (SSSR count). The van der Waals surface area contributed by atoms with E-state index in [0.29, 0.717) is 0 Å². The van der Waals surface area contributed by atoms with Crippen molar-refractivity contribution in [1.82, 2.24) is 0 Å². The highest BCUT2D eigenvalue weighted by atomic mass is 27.0. The number of aliphatic hydroxyl groups excluding tert-OH is 5. The van der Waals surface area contributed by atoms with Crippen molar-refractivity contribution in [2.75, 3.05) is 6.61 Å². The fraction of sp³-hybridized carbons (Fsp3) is 1.00. The molecule has 0 aliphatic heterocycles. The minimum Gasteiger partial charge on any atom is -0.407 e. The topological polar surface area (TPSA) is 101 Å². The number of hydrogen-bond donors (Lipinski definition) is 5. The zero-order valence-corrected chi connectivity index (χ0v) is 7.37. The summed E-state index contributed by atoms with van der Waals surface area (Å²) in [4.78, 5) is -1.11. The standard InChI is InChI=1S/C5H11O5.Al.H/c6-1-3(8)5(10)4(9)2-7;;/h1,3-10H,2H2;;/t3-,4-,5+;;/m1../s1. The fourth-order valence-electron chi connectivity index (χ4n) is 0.563. The van der Waals surface area contributed by atoms with E-state index in [1.54, 1.807) is 0 Å². The van der Waals surface area contributed by atoms with Crippen molar-refractivity contribution in [3.8, 4) is 0 Å². The molecule has 11 heavy (non-hydrogen) atoms. The van der Waals surface area contributed by atoms with Crippen LogP contribution in [0.1, 0.15) is 0 Å². The van der Waals surface area contributed by atoms with Crippen LogP contribution in [0.3, 0.4) is 0 Å². The molecule has 0 saturated heterocycles. The second-order valence-corrected chi connectivity index (χ2v) is 3.14. The van der Waals surface area contributed by atoms with Crippen molar-refractivity contribution in [3.05, 3.63) is 0 Å². The molecule has 1 radical (unpaired) electrons. The summed E-state index contributed by atoms with van der Waals surface area (Å²) in [6.45, 7) is -0.645. The smallest absolute Gasteiger partial charge is 0.226 e. The van der Waals surface area contributed by atoms with E-state index in [-0.39, 0.29) is 0 Å². The molecule has 0 fully saturated rings. The first-order valence-corrected chi connectivity index (χ1v) is 3.98. The Balaban J connectivity index is 3.90. The van der Waals surface area contributed by atoms with Crippen molar-refractivity contribution in [3.63, 3.8) is 0 Å². The van der Waals surface area contributed by atoms with Crippen LogP contribution in [0.2, 0.25) is 0 Å². The van der Waals surface area contributed by atoms with E-state index in [2.05, 4.69) is 0 Å². The lowest BCUT2D eigenvalue weighted by atomic mass is 10.1. The van der Waals surface area contributed by atoms with Gasteiger partial charge in [-0.2, -0.15) is 0 Å². The highest BCUT2D eigenvalue weighted by molar-refractivity contribution is 6.11.